The zero-order valence-corrected chi connectivity index (χ0v) is 10.8. The fourth-order valence-electron chi connectivity index (χ4n) is 1.35. The van der Waals surface area contributed by atoms with E-state index < -0.39 is 23.2 Å². The molecule has 0 spiro atoms. The van der Waals surface area contributed by atoms with E-state index in [-0.39, 0.29) is 4.90 Å². The number of halogens is 2. The van der Waals surface area contributed by atoms with Crippen LogP contribution in [-0.4, -0.2) is 25.8 Å². The third-order valence-electron chi connectivity index (χ3n) is 2.49. The molecule has 1 aromatic heterocycles. The van der Waals surface area contributed by atoms with Crippen LogP contribution in [-0.2, 0) is 7.05 Å². The predicted molar refractivity (Wildman–Crippen MR) is 63.2 cm³/mol. The van der Waals surface area contributed by atoms with Gasteiger partial charge in [0, 0.05) is 7.05 Å². The van der Waals surface area contributed by atoms with E-state index in [1.54, 1.807) is 18.5 Å². The number of rotatable bonds is 3. The fourth-order valence-corrected chi connectivity index (χ4v) is 2.19. The molecule has 0 unspecified atom stereocenters. The Hall–Kier alpha value is -1.96. The predicted octanol–water partition coefficient (Wildman–Crippen LogP) is 2.25. The van der Waals surface area contributed by atoms with E-state index >= 15 is 0 Å². The van der Waals surface area contributed by atoms with Gasteiger partial charge in [-0.2, -0.15) is 0 Å². The summed E-state index contributed by atoms with van der Waals surface area (Å²) in [7, 11) is 1.67. The van der Waals surface area contributed by atoms with Crippen molar-refractivity contribution in [1.82, 2.24) is 14.8 Å². The summed E-state index contributed by atoms with van der Waals surface area (Å²) in [5.74, 6) is -2.67. The number of aromatic nitrogens is 3. The van der Waals surface area contributed by atoms with Crippen molar-refractivity contribution in [3.8, 4) is 0 Å². The second kappa shape index (κ2) is 4.96. The maximum atomic E-state index is 13.7. The van der Waals surface area contributed by atoms with E-state index in [0.717, 1.165) is 23.9 Å². The van der Waals surface area contributed by atoms with E-state index in [0.29, 0.717) is 11.0 Å². The molecule has 1 N–H and O–H groups in total. The summed E-state index contributed by atoms with van der Waals surface area (Å²) in [6.07, 6.45) is 0. The molecular formula is C11H9F2N3O2S. The average molecular weight is 285 g/mol. The molecule has 1 aromatic carbocycles. The van der Waals surface area contributed by atoms with E-state index in [1.165, 1.54) is 0 Å². The van der Waals surface area contributed by atoms with Crippen molar-refractivity contribution in [2.24, 2.45) is 7.05 Å². The lowest BCUT2D eigenvalue weighted by molar-refractivity contribution is 0.0695. The molecule has 19 heavy (non-hydrogen) atoms. The molecule has 0 radical (unpaired) electrons. The van der Waals surface area contributed by atoms with Crippen LogP contribution in [0.1, 0.15) is 16.2 Å². The topological polar surface area (TPSA) is 68.0 Å². The molecule has 0 saturated heterocycles. The molecule has 0 bridgehead atoms. The Morgan fingerprint density at radius 1 is 1.32 bits per heavy atom. The van der Waals surface area contributed by atoms with Gasteiger partial charge < -0.3 is 9.67 Å². The van der Waals surface area contributed by atoms with Crippen LogP contribution in [0.2, 0.25) is 0 Å². The fraction of sp³-hybridized carbons (Fsp3) is 0.182. The normalized spacial score (nSPS) is 10.7. The van der Waals surface area contributed by atoms with Gasteiger partial charge in [0.2, 0.25) is 0 Å². The minimum Gasteiger partial charge on any atom is -0.478 e. The number of hydrogen-bond donors (Lipinski definition) is 1. The van der Waals surface area contributed by atoms with Crippen molar-refractivity contribution in [2.45, 2.75) is 17.0 Å². The maximum absolute atomic E-state index is 13.7. The molecule has 2 rings (SSSR count). The van der Waals surface area contributed by atoms with Gasteiger partial charge in [0.05, 0.1) is 10.5 Å². The van der Waals surface area contributed by atoms with Crippen LogP contribution in [0.15, 0.2) is 22.2 Å². The van der Waals surface area contributed by atoms with Gasteiger partial charge in [-0.25, -0.2) is 13.6 Å². The van der Waals surface area contributed by atoms with Gasteiger partial charge >= 0.3 is 5.97 Å². The number of aromatic carboxylic acids is 1. The van der Waals surface area contributed by atoms with E-state index in [2.05, 4.69) is 10.2 Å². The summed E-state index contributed by atoms with van der Waals surface area (Å²) in [6, 6.07) is 1.55. The Bertz CT molecular complexity index is 634. The summed E-state index contributed by atoms with van der Waals surface area (Å²) in [6.45, 7) is 1.71. The summed E-state index contributed by atoms with van der Waals surface area (Å²) < 4.78 is 29.0. The van der Waals surface area contributed by atoms with Crippen molar-refractivity contribution in [1.29, 1.82) is 0 Å². The van der Waals surface area contributed by atoms with Crippen LogP contribution < -0.4 is 0 Å². The summed E-state index contributed by atoms with van der Waals surface area (Å²) in [5.41, 5.74) is -0.437. The molecule has 2 aromatic rings. The Labute approximate surface area is 111 Å². The summed E-state index contributed by atoms with van der Waals surface area (Å²) >= 11 is 0.755. The second-order valence-corrected chi connectivity index (χ2v) is 4.74. The van der Waals surface area contributed by atoms with Crippen molar-refractivity contribution in [3.05, 3.63) is 35.2 Å². The largest absolute Gasteiger partial charge is 0.478 e. The molecule has 5 nitrogen and oxygen atoms in total. The molecule has 8 heteroatoms. The Kier molecular flexibility index (Phi) is 3.52. The zero-order valence-electron chi connectivity index (χ0n) is 10.0. The van der Waals surface area contributed by atoms with Gasteiger partial charge in [0.15, 0.2) is 5.16 Å². The van der Waals surface area contributed by atoms with E-state index in [4.69, 9.17) is 5.11 Å². The first-order valence-corrected chi connectivity index (χ1v) is 5.98. The molecule has 0 aliphatic heterocycles. The van der Waals surface area contributed by atoms with Crippen molar-refractivity contribution in [2.75, 3.05) is 0 Å². The molecule has 1 heterocycles. The lowest BCUT2D eigenvalue weighted by Gasteiger charge is -2.05. The molecule has 0 atom stereocenters. The number of carboxylic acid groups (broad SMARTS) is 1. The molecule has 0 saturated carbocycles. The smallest absolute Gasteiger partial charge is 0.335 e. The van der Waals surface area contributed by atoms with Crippen LogP contribution >= 0.6 is 11.8 Å². The average Bonchev–Trinajstić information content (AvgIpc) is 2.65. The summed E-state index contributed by atoms with van der Waals surface area (Å²) in [4.78, 5) is 10.4. The van der Waals surface area contributed by atoms with Crippen LogP contribution in [0.25, 0.3) is 0 Å². The number of carboxylic acids is 1. The quantitative estimate of drug-likeness (QED) is 0.936. The molecule has 0 aliphatic rings. The SMILES string of the molecule is Cc1nnc(Sc2c(F)cc(C(=O)O)cc2F)n1C. The minimum absolute atomic E-state index is 0.305. The van der Waals surface area contributed by atoms with Crippen molar-refractivity contribution in [3.63, 3.8) is 0 Å². The maximum Gasteiger partial charge on any atom is 0.335 e. The summed E-state index contributed by atoms with van der Waals surface area (Å²) in [5, 5.41) is 16.6. The number of aryl methyl sites for hydroxylation is 1. The van der Waals surface area contributed by atoms with Gasteiger partial charge in [-0.1, -0.05) is 0 Å². The highest BCUT2D eigenvalue weighted by Crippen LogP contribution is 2.31. The molecular weight excluding hydrogens is 276 g/mol. The molecule has 0 aliphatic carbocycles. The van der Waals surface area contributed by atoms with Crippen molar-refractivity contribution < 1.29 is 18.7 Å². The minimum atomic E-state index is -1.39. The standard InChI is InChI=1S/C11H9F2N3O2S/c1-5-14-15-11(16(5)2)19-9-7(12)3-6(10(17)18)4-8(9)13/h3-4H,1-2H3,(H,17,18). The first kappa shape index (κ1) is 13.5. The van der Waals surface area contributed by atoms with Gasteiger partial charge in [0.1, 0.15) is 17.5 Å². The lowest BCUT2D eigenvalue weighted by Crippen LogP contribution is -2.01. The van der Waals surface area contributed by atoms with Crippen LogP contribution in [0.5, 0.6) is 0 Å². The zero-order chi connectivity index (χ0) is 14.2. The Balaban J connectivity index is 2.41. The van der Waals surface area contributed by atoms with Gasteiger partial charge in [0.25, 0.3) is 0 Å². The van der Waals surface area contributed by atoms with Crippen LogP contribution in [0, 0.1) is 18.6 Å². The van der Waals surface area contributed by atoms with Gasteiger partial charge in [-0.3, -0.25) is 0 Å². The highest BCUT2D eigenvalue weighted by molar-refractivity contribution is 7.99. The highest BCUT2D eigenvalue weighted by atomic mass is 32.2. The third-order valence-corrected chi connectivity index (χ3v) is 3.62. The first-order valence-electron chi connectivity index (χ1n) is 5.16. The Morgan fingerprint density at radius 3 is 2.32 bits per heavy atom. The lowest BCUT2D eigenvalue weighted by atomic mass is 10.2. The molecule has 0 amide bonds. The second-order valence-electron chi connectivity index (χ2n) is 3.77. The number of benzene rings is 1. The van der Waals surface area contributed by atoms with E-state index in [1.807, 2.05) is 0 Å². The van der Waals surface area contributed by atoms with Gasteiger partial charge in [-0.05, 0) is 30.8 Å². The first-order chi connectivity index (χ1) is 8.90. The van der Waals surface area contributed by atoms with Crippen LogP contribution in [0.3, 0.4) is 0 Å². The third kappa shape index (κ3) is 2.58. The molecule has 0 fully saturated rings. The number of nitrogens with zero attached hydrogens (tertiary/aromatic N) is 3. The monoisotopic (exact) mass is 285 g/mol. The highest BCUT2D eigenvalue weighted by Gasteiger charge is 2.18. The number of hydrogen-bond acceptors (Lipinski definition) is 4. The van der Waals surface area contributed by atoms with Gasteiger partial charge in [-0.15, -0.1) is 10.2 Å². The molecule has 100 valence electrons. The number of carbonyl (C=O) groups is 1. The van der Waals surface area contributed by atoms with Crippen molar-refractivity contribution >= 4 is 17.7 Å². The van der Waals surface area contributed by atoms with E-state index in [9.17, 15) is 13.6 Å². The van der Waals surface area contributed by atoms with Crippen LogP contribution in [0.4, 0.5) is 8.78 Å². The Morgan fingerprint density at radius 2 is 1.89 bits per heavy atom.